The predicted octanol–water partition coefficient (Wildman–Crippen LogP) is 3.15. The number of fused-ring (bicyclic) bond motifs is 3. The van der Waals surface area contributed by atoms with Gasteiger partial charge in [0.1, 0.15) is 0 Å². The highest BCUT2D eigenvalue weighted by Crippen LogP contribution is 2.36. The minimum atomic E-state index is -0.171. The Morgan fingerprint density at radius 1 is 1.25 bits per heavy atom. The van der Waals surface area contributed by atoms with Crippen LogP contribution < -0.4 is 11.1 Å². The van der Waals surface area contributed by atoms with Crippen LogP contribution in [0.2, 0.25) is 0 Å². The lowest BCUT2D eigenvalue weighted by molar-refractivity contribution is 0.637. The fraction of sp³-hybridized carbons (Fsp3) is 0.0769. The maximum atomic E-state index is 5.88. The Labute approximate surface area is 127 Å². The molecule has 5 nitrogen and oxygen atoms in total. The first-order valence-corrected chi connectivity index (χ1v) is 7.66. The molecule has 0 aliphatic carbocycles. The molecule has 1 aliphatic rings. The number of halogens is 1. The van der Waals surface area contributed by atoms with Crippen molar-refractivity contribution < 1.29 is 0 Å². The van der Waals surface area contributed by atoms with Gasteiger partial charge in [0.15, 0.2) is 12.1 Å². The van der Waals surface area contributed by atoms with Crippen molar-refractivity contribution in [3.63, 3.8) is 0 Å². The van der Waals surface area contributed by atoms with Crippen molar-refractivity contribution in [1.82, 2.24) is 9.55 Å². The minimum absolute atomic E-state index is 0.171. The molecule has 2 aromatic heterocycles. The van der Waals surface area contributed by atoms with E-state index in [-0.39, 0.29) is 6.17 Å². The highest BCUT2D eigenvalue weighted by Gasteiger charge is 2.25. The summed E-state index contributed by atoms with van der Waals surface area (Å²) in [6, 6.07) is 12.1. The number of aromatic nitrogens is 2. The molecule has 1 aliphatic heterocycles. The molecule has 1 aromatic carbocycles. The number of nitrogens with one attached hydrogen (secondary N) is 1. The molecule has 0 spiro atoms. The van der Waals surface area contributed by atoms with Crippen molar-refractivity contribution in [1.29, 1.82) is 0 Å². The van der Waals surface area contributed by atoms with E-state index in [2.05, 4.69) is 41.9 Å². The zero-order chi connectivity index (χ0) is 13.7. The third-order valence-corrected chi connectivity index (χ3v) is 4.85. The van der Waals surface area contributed by atoms with E-state index >= 15 is 0 Å². The van der Waals surface area contributed by atoms with Crippen LogP contribution in [0.4, 0.5) is 5.95 Å². The molecule has 0 amide bonds. The van der Waals surface area contributed by atoms with E-state index in [9.17, 15) is 0 Å². The molecule has 0 saturated heterocycles. The molecule has 1 atom stereocenters. The summed E-state index contributed by atoms with van der Waals surface area (Å²) in [6.45, 7) is 0. The molecule has 100 valence electrons. The maximum absolute atomic E-state index is 5.88. The SMILES string of the molecule is NC1=N[C@@H](c2ccc(Br)s2)n2c(nc3ccccc32)N1. The first-order valence-electron chi connectivity index (χ1n) is 6.05. The summed E-state index contributed by atoms with van der Waals surface area (Å²) in [4.78, 5) is 10.2. The summed E-state index contributed by atoms with van der Waals surface area (Å²) in [5.41, 5.74) is 7.86. The lowest BCUT2D eigenvalue weighted by Gasteiger charge is -2.22. The lowest BCUT2D eigenvalue weighted by atomic mass is 10.3. The van der Waals surface area contributed by atoms with E-state index < -0.39 is 0 Å². The summed E-state index contributed by atoms with van der Waals surface area (Å²) >= 11 is 5.14. The van der Waals surface area contributed by atoms with Crippen molar-refractivity contribution in [2.75, 3.05) is 5.32 Å². The third-order valence-electron chi connectivity index (χ3n) is 3.19. The molecule has 3 N–H and O–H groups in total. The Balaban J connectivity index is 1.98. The van der Waals surface area contributed by atoms with Gasteiger partial charge in [-0.25, -0.2) is 9.98 Å². The number of aliphatic imine (C=N–C) groups is 1. The van der Waals surface area contributed by atoms with Crippen LogP contribution in [0.1, 0.15) is 11.0 Å². The Morgan fingerprint density at radius 3 is 2.90 bits per heavy atom. The van der Waals surface area contributed by atoms with Gasteiger partial charge in [-0.1, -0.05) is 12.1 Å². The molecule has 0 bridgehead atoms. The number of thiophene rings is 1. The van der Waals surface area contributed by atoms with Crippen LogP contribution in [0.15, 0.2) is 45.2 Å². The Bertz CT molecular complexity index is 834. The largest absolute Gasteiger partial charge is 0.370 e. The van der Waals surface area contributed by atoms with Crippen molar-refractivity contribution in [3.05, 3.63) is 45.1 Å². The third kappa shape index (κ3) is 1.74. The molecule has 4 rings (SSSR count). The van der Waals surface area contributed by atoms with E-state index in [1.54, 1.807) is 11.3 Å². The fourth-order valence-electron chi connectivity index (χ4n) is 2.37. The number of nitrogens with two attached hydrogens (primary N) is 1. The Kier molecular flexibility index (Phi) is 2.58. The highest BCUT2D eigenvalue weighted by atomic mass is 79.9. The number of imidazole rings is 1. The van der Waals surface area contributed by atoms with Gasteiger partial charge in [-0.15, -0.1) is 11.3 Å². The summed E-state index contributed by atoms with van der Waals surface area (Å²) in [5, 5.41) is 3.03. The molecule has 3 aromatic rings. The van der Waals surface area contributed by atoms with Gasteiger partial charge in [-0.3, -0.25) is 9.88 Å². The van der Waals surface area contributed by atoms with Crippen LogP contribution in [-0.4, -0.2) is 15.5 Å². The molecular formula is C13H10BrN5S. The standard InChI is InChI=1S/C13H10BrN5S/c14-10-6-5-9(20-10)11-17-12(15)18-13-16-7-3-1-2-4-8(7)19(11)13/h1-6,11H,(H3,15,16,17,18)/t11-/m1/s1. The van der Waals surface area contributed by atoms with Crippen molar-refractivity contribution in [2.24, 2.45) is 10.7 Å². The van der Waals surface area contributed by atoms with Gasteiger partial charge < -0.3 is 5.73 Å². The van der Waals surface area contributed by atoms with E-state index in [0.29, 0.717) is 5.96 Å². The van der Waals surface area contributed by atoms with Crippen molar-refractivity contribution in [2.45, 2.75) is 6.17 Å². The Hall–Kier alpha value is -1.86. The van der Waals surface area contributed by atoms with Gasteiger partial charge in [-0.2, -0.15) is 0 Å². The minimum Gasteiger partial charge on any atom is -0.370 e. The molecule has 0 fully saturated rings. The molecule has 20 heavy (non-hydrogen) atoms. The van der Waals surface area contributed by atoms with Gasteiger partial charge in [0.05, 0.1) is 19.7 Å². The van der Waals surface area contributed by atoms with Crippen LogP contribution in [-0.2, 0) is 0 Å². The number of guanidine groups is 1. The van der Waals surface area contributed by atoms with Crippen molar-refractivity contribution in [3.8, 4) is 0 Å². The normalized spacial score (nSPS) is 17.6. The monoisotopic (exact) mass is 347 g/mol. The van der Waals surface area contributed by atoms with Gasteiger partial charge in [0, 0.05) is 0 Å². The van der Waals surface area contributed by atoms with Crippen LogP contribution in [0, 0.1) is 0 Å². The molecule has 0 radical (unpaired) electrons. The lowest BCUT2D eigenvalue weighted by Crippen LogP contribution is -2.31. The number of hydrogen-bond acceptors (Lipinski definition) is 5. The number of rotatable bonds is 1. The van der Waals surface area contributed by atoms with E-state index in [0.717, 1.165) is 25.6 Å². The summed E-state index contributed by atoms with van der Waals surface area (Å²) < 4.78 is 3.15. The Morgan fingerprint density at radius 2 is 2.10 bits per heavy atom. The number of anilines is 1. The predicted molar refractivity (Wildman–Crippen MR) is 85.1 cm³/mol. The second kappa shape index (κ2) is 4.32. The van der Waals surface area contributed by atoms with Gasteiger partial charge in [0.2, 0.25) is 5.95 Å². The van der Waals surface area contributed by atoms with Gasteiger partial charge >= 0.3 is 0 Å². The average Bonchev–Trinajstić information content (AvgIpc) is 3.00. The zero-order valence-corrected chi connectivity index (χ0v) is 12.6. The molecule has 3 heterocycles. The fourth-order valence-corrected chi connectivity index (χ4v) is 3.83. The van der Waals surface area contributed by atoms with E-state index in [1.165, 1.54) is 0 Å². The topological polar surface area (TPSA) is 68.2 Å². The van der Waals surface area contributed by atoms with Crippen LogP contribution in [0.3, 0.4) is 0 Å². The molecular weight excluding hydrogens is 338 g/mol. The highest BCUT2D eigenvalue weighted by molar-refractivity contribution is 9.11. The number of para-hydroxylation sites is 2. The van der Waals surface area contributed by atoms with E-state index in [4.69, 9.17) is 5.73 Å². The second-order valence-corrected chi connectivity index (χ2v) is 6.94. The number of hydrogen-bond donors (Lipinski definition) is 2. The summed E-state index contributed by atoms with van der Waals surface area (Å²) in [6.07, 6.45) is -0.171. The van der Waals surface area contributed by atoms with Crippen LogP contribution >= 0.6 is 27.3 Å². The first-order chi connectivity index (χ1) is 9.72. The van der Waals surface area contributed by atoms with E-state index in [1.807, 2.05) is 30.3 Å². The van der Waals surface area contributed by atoms with Gasteiger partial charge in [-0.05, 0) is 40.2 Å². The van der Waals surface area contributed by atoms with Gasteiger partial charge in [0.25, 0.3) is 0 Å². The number of benzene rings is 1. The molecule has 0 unspecified atom stereocenters. The summed E-state index contributed by atoms with van der Waals surface area (Å²) in [7, 11) is 0. The molecule has 7 heteroatoms. The van der Waals surface area contributed by atoms with Crippen LogP contribution in [0.5, 0.6) is 0 Å². The molecule has 0 saturated carbocycles. The zero-order valence-electron chi connectivity index (χ0n) is 10.2. The number of nitrogens with zero attached hydrogens (tertiary/aromatic N) is 3. The second-order valence-electron chi connectivity index (χ2n) is 4.45. The first kappa shape index (κ1) is 11.9. The smallest absolute Gasteiger partial charge is 0.212 e. The maximum Gasteiger partial charge on any atom is 0.212 e. The summed E-state index contributed by atoms with van der Waals surface area (Å²) in [5.74, 6) is 1.12. The van der Waals surface area contributed by atoms with Crippen molar-refractivity contribution >= 4 is 50.2 Å². The van der Waals surface area contributed by atoms with Crippen LogP contribution in [0.25, 0.3) is 11.0 Å². The quantitative estimate of drug-likeness (QED) is 0.710. The average molecular weight is 348 g/mol.